The monoisotopic (exact) mass is 367 g/mol. The van der Waals surface area contributed by atoms with Crippen molar-refractivity contribution in [1.29, 1.82) is 0 Å². The fraction of sp³-hybridized carbons (Fsp3) is 0.368. The number of carbonyl (C=O) groups is 3. The number of dihydropyridines is 1. The van der Waals surface area contributed by atoms with E-state index in [-0.39, 0.29) is 30.1 Å². The zero-order valence-electron chi connectivity index (χ0n) is 15.7. The third kappa shape index (κ3) is 3.55. The van der Waals surface area contributed by atoms with E-state index in [0.29, 0.717) is 28.6 Å². The predicted octanol–water partition coefficient (Wildman–Crippen LogP) is 2.12. The van der Waals surface area contributed by atoms with Gasteiger partial charge in [0, 0.05) is 18.3 Å². The molecule has 140 valence electrons. The van der Waals surface area contributed by atoms with E-state index in [0.717, 1.165) is 5.57 Å². The van der Waals surface area contributed by atoms with Gasteiger partial charge in [0.05, 0.1) is 23.1 Å². The van der Waals surface area contributed by atoms with Crippen molar-refractivity contribution in [2.75, 3.05) is 6.54 Å². The molecule has 3 heterocycles. The van der Waals surface area contributed by atoms with Gasteiger partial charge in [0.25, 0.3) is 11.8 Å². The Morgan fingerprint density at radius 1 is 1.37 bits per heavy atom. The smallest absolute Gasteiger partial charge is 0.254 e. The lowest BCUT2D eigenvalue weighted by atomic mass is 9.95. The SMILES string of the molecule is CC1=CC(C)=NC(=O)C1CNC(=O)c1cc(C=O)nc2c1cnn2C(C)C. The average molecular weight is 367 g/mol. The molecule has 0 saturated heterocycles. The number of aromatic nitrogens is 3. The van der Waals surface area contributed by atoms with Crippen LogP contribution in [-0.4, -0.2) is 45.1 Å². The Hall–Kier alpha value is -3.16. The molecule has 27 heavy (non-hydrogen) atoms. The summed E-state index contributed by atoms with van der Waals surface area (Å²) in [4.78, 5) is 44.4. The van der Waals surface area contributed by atoms with Gasteiger partial charge in [-0.1, -0.05) is 5.57 Å². The third-order valence-corrected chi connectivity index (χ3v) is 4.48. The summed E-state index contributed by atoms with van der Waals surface area (Å²) >= 11 is 0. The van der Waals surface area contributed by atoms with E-state index in [1.54, 1.807) is 17.8 Å². The molecule has 0 aliphatic carbocycles. The van der Waals surface area contributed by atoms with Crippen LogP contribution in [0.15, 0.2) is 28.9 Å². The van der Waals surface area contributed by atoms with Gasteiger partial charge in [0.1, 0.15) is 5.69 Å². The fourth-order valence-corrected chi connectivity index (χ4v) is 3.11. The van der Waals surface area contributed by atoms with Crippen molar-refractivity contribution in [2.24, 2.45) is 10.9 Å². The molecule has 0 radical (unpaired) electrons. The molecule has 1 aliphatic rings. The fourth-order valence-electron chi connectivity index (χ4n) is 3.11. The molecule has 0 spiro atoms. The summed E-state index contributed by atoms with van der Waals surface area (Å²) in [5, 5.41) is 7.61. The molecule has 1 N–H and O–H groups in total. The number of allylic oxidation sites excluding steroid dienone is 1. The number of nitrogens with one attached hydrogen (secondary N) is 1. The summed E-state index contributed by atoms with van der Waals surface area (Å²) in [7, 11) is 0. The number of amides is 2. The highest BCUT2D eigenvalue weighted by molar-refractivity contribution is 6.08. The van der Waals surface area contributed by atoms with Crippen LogP contribution >= 0.6 is 0 Å². The molecule has 0 bridgehead atoms. The summed E-state index contributed by atoms with van der Waals surface area (Å²) < 4.78 is 1.66. The van der Waals surface area contributed by atoms with E-state index in [2.05, 4.69) is 20.4 Å². The molecule has 2 aromatic rings. The van der Waals surface area contributed by atoms with Crippen LogP contribution in [0, 0.1) is 5.92 Å². The molecule has 0 aromatic carbocycles. The van der Waals surface area contributed by atoms with Gasteiger partial charge in [0.2, 0.25) is 0 Å². The first-order chi connectivity index (χ1) is 12.8. The first-order valence-electron chi connectivity index (χ1n) is 8.70. The van der Waals surface area contributed by atoms with Crippen molar-refractivity contribution in [3.63, 3.8) is 0 Å². The Bertz CT molecular complexity index is 1000. The topological polar surface area (TPSA) is 106 Å². The second-order valence-corrected chi connectivity index (χ2v) is 6.88. The molecule has 3 rings (SSSR count). The molecule has 2 amide bonds. The minimum Gasteiger partial charge on any atom is -0.351 e. The minimum atomic E-state index is -0.487. The van der Waals surface area contributed by atoms with Crippen LogP contribution in [0.4, 0.5) is 0 Å². The highest BCUT2D eigenvalue weighted by atomic mass is 16.2. The molecule has 2 aromatic heterocycles. The zero-order chi connectivity index (χ0) is 19.7. The van der Waals surface area contributed by atoms with Crippen LogP contribution in [0.25, 0.3) is 11.0 Å². The number of carbonyl (C=O) groups excluding carboxylic acids is 3. The first kappa shape index (κ1) is 18.6. The number of pyridine rings is 1. The molecular weight excluding hydrogens is 346 g/mol. The van der Waals surface area contributed by atoms with Crippen molar-refractivity contribution >= 4 is 34.8 Å². The summed E-state index contributed by atoms with van der Waals surface area (Å²) in [6.45, 7) is 7.61. The average Bonchev–Trinajstić information content (AvgIpc) is 3.03. The maximum atomic E-state index is 12.8. The Balaban J connectivity index is 1.89. The Kier molecular flexibility index (Phi) is 4.98. The van der Waals surface area contributed by atoms with Crippen LogP contribution in [0.1, 0.15) is 54.6 Å². The van der Waals surface area contributed by atoms with Gasteiger partial charge in [-0.2, -0.15) is 5.10 Å². The van der Waals surface area contributed by atoms with E-state index in [4.69, 9.17) is 0 Å². The number of hydrogen-bond acceptors (Lipinski definition) is 5. The lowest BCUT2D eigenvalue weighted by Gasteiger charge is -2.19. The molecule has 1 atom stereocenters. The van der Waals surface area contributed by atoms with Crippen LogP contribution in [0.3, 0.4) is 0 Å². The number of fused-ring (bicyclic) bond motifs is 1. The number of rotatable bonds is 5. The second-order valence-electron chi connectivity index (χ2n) is 6.88. The lowest BCUT2D eigenvalue weighted by molar-refractivity contribution is -0.120. The highest BCUT2D eigenvalue weighted by Gasteiger charge is 2.25. The maximum absolute atomic E-state index is 12.8. The van der Waals surface area contributed by atoms with Gasteiger partial charge in [-0.3, -0.25) is 14.4 Å². The number of aldehydes is 1. The van der Waals surface area contributed by atoms with Gasteiger partial charge in [0.15, 0.2) is 11.9 Å². The first-order valence-corrected chi connectivity index (χ1v) is 8.70. The van der Waals surface area contributed by atoms with Crippen molar-refractivity contribution in [2.45, 2.75) is 33.7 Å². The van der Waals surface area contributed by atoms with Crippen LogP contribution in [0.5, 0.6) is 0 Å². The largest absolute Gasteiger partial charge is 0.351 e. The highest BCUT2D eigenvalue weighted by Crippen LogP contribution is 2.21. The Labute approximate surface area is 156 Å². The van der Waals surface area contributed by atoms with Crippen LogP contribution in [0.2, 0.25) is 0 Å². The molecule has 8 heteroatoms. The van der Waals surface area contributed by atoms with Crippen molar-refractivity contribution in [3.05, 3.63) is 35.2 Å². The van der Waals surface area contributed by atoms with E-state index < -0.39 is 5.92 Å². The van der Waals surface area contributed by atoms with Crippen LogP contribution in [-0.2, 0) is 4.79 Å². The summed E-state index contributed by atoms with van der Waals surface area (Å²) in [6, 6.07) is 1.46. The van der Waals surface area contributed by atoms with Crippen molar-refractivity contribution in [1.82, 2.24) is 20.1 Å². The lowest BCUT2D eigenvalue weighted by Crippen LogP contribution is -2.34. The molecule has 0 saturated carbocycles. The molecule has 0 fully saturated rings. The summed E-state index contributed by atoms with van der Waals surface area (Å²) in [6.07, 6.45) is 4.00. The summed E-state index contributed by atoms with van der Waals surface area (Å²) in [5.74, 6) is -1.14. The second kappa shape index (κ2) is 7.22. The van der Waals surface area contributed by atoms with Gasteiger partial charge in [-0.25, -0.2) is 14.7 Å². The number of nitrogens with zero attached hydrogens (tertiary/aromatic N) is 4. The van der Waals surface area contributed by atoms with Gasteiger partial charge in [-0.15, -0.1) is 0 Å². The predicted molar refractivity (Wildman–Crippen MR) is 101 cm³/mol. The van der Waals surface area contributed by atoms with E-state index in [1.165, 1.54) is 6.07 Å². The van der Waals surface area contributed by atoms with Gasteiger partial charge >= 0.3 is 0 Å². The normalized spacial score (nSPS) is 17.1. The zero-order valence-corrected chi connectivity index (χ0v) is 15.7. The van der Waals surface area contributed by atoms with Crippen LogP contribution < -0.4 is 5.32 Å². The molecule has 8 nitrogen and oxygen atoms in total. The molecule has 1 aliphatic heterocycles. The minimum absolute atomic E-state index is 0.0292. The third-order valence-electron chi connectivity index (χ3n) is 4.48. The molecule has 1 unspecified atom stereocenters. The number of aliphatic imine (C=N–C) groups is 1. The van der Waals surface area contributed by atoms with Crippen molar-refractivity contribution in [3.8, 4) is 0 Å². The Morgan fingerprint density at radius 2 is 2.11 bits per heavy atom. The van der Waals surface area contributed by atoms with E-state index >= 15 is 0 Å². The standard InChI is InChI=1S/C19H21N5O3/c1-10(2)24-17-16(8-21-24)14(6-13(9-25)23-17)18(26)20-7-15-11(3)5-12(4)22-19(15)27/h5-6,8-10,15H,7H2,1-4H3,(H,20,26). The summed E-state index contributed by atoms with van der Waals surface area (Å²) in [5.41, 5.74) is 2.45. The maximum Gasteiger partial charge on any atom is 0.254 e. The number of hydrogen-bond donors (Lipinski definition) is 1. The molecular formula is C19H21N5O3. The Morgan fingerprint density at radius 3 is 2.74 bits per heavy atom. The van der Waals surface area contributed by atoms with Crippen molar-refractivity contribution < 1.29 is 14.4 Å². The quantitative estimate of drug-likeness (QED) is 0.815. The van der Waals surface area contributed by atoms with Gasteiger partial charge in [-0.05, 0) is 39.8 Å². The van der Waals surface area contributed by atoms with E-state index in [1.807, 2.05) is 26.8 Å². The van der Waals surface area contributed by atoms with E-state index in [9.17, 15) is 14.4 Å². The van der Waals surface area contributed by atoms with Gasteiger partial charge < -0.3 is 5.32 Å².